The van der Waals surface area contributed by atoms with Crippen molar-refractivity contribution in [1.29, 1.82) is 0 Å². The van der Waals surface area contributed by atoms with Crippen LogP contribution in [0.15, 0.2) is 4.99 Å². The van der Waals surface area contributed by atoms with Crippen LogP contribution < -0.4 is 10.6 Å². The summed E-state index contributed by atoms with van der Waals surface area (Å²) in [5.41, 5.74) is 0. The average molecular weight is 323 g/mol. The summed E-state index contributed by atoms with van der Waals surface area (Å²) >= 11 is 0. The first-order chi connectivity index (χ1) is 11.1. The number of nitrogens with one attached hydrogen (secondary N) is 2. The molecule has 0 aromatic carbocycles. The van der Waals surface area contributed by atoms with E-state index in [1.165, 1.54) is 6.54 Å². The number of guanidine groups is 1. The second-order valence-corrected chi connectivity index (χ2v) is 7.10. The van der Waals surface area contributed by atoms with Gasteiger partial charge in [-0.1, -0.05) is 13.8 Å². The molecule has 0 atom stereocenters. The molecule has 132 valence electrons. The summed E-state index contributed by atoms with van der Waals surface area (Å²) in [5, 5.41) is 6.42. The van der Waals surface area contributed by atoms with Crippen LogP contribution in [-0.2, 0) is 4.79 Å². The monoisotopic (exact) mass is 323 g/mol. The Morgan fingerprint density at radius 1 is 1.22 bits per heavy atom. The minimum Gasteiger partial charge on any atom is -0.356 e. The van der Waals surface area contributed by atoms with E-state index in [-0.39, 0.29) is 5.91 Å². The van der Waals surface area contributed by atoms with Crippen molar-refractivity contribution in [2.75, 3.05) is 46.3 Å². The molecule has 2 fully saturated rings. The maximum Gasteiger partial charge on any atom is 0.220 e. The van der Waals surface area contributed by atoms with Crippen LogP contribution in [0.3, 0.4) is 0 Å². The Morgan fingerprint density at radius 3 is 2.48 bits per heavy atom. The van der Waals surface area contributed by atoms with Gasteiger partial charge in [0, 0.05) is 58.8 Å². The Hall–Kier alpha value is -1.30. The first kappa shape index (κ1) is 18.0. The average Bonchev–Trinajstić information content (AvgIpc) is 3.32. The number of nitrogens with zero attached hydrogens (tertiary/aromatic N) is 3. The molecule has 6 nitrogen and oxygen atoms in total. The van der Waals surface area contributed by atoms with Crippen molar-refractivity contribution >= 4 is 11.9 Å². The van der Waals surface area contributed by atoms with E-state index in [9.17, 15) is 4.79 Å². The number of amides is 1. The largest absolute Gasteiger partial charge is 0.356 e. The van der Waals surface area contributed by atoms with Gasteiger partial charge in [0.25, 0.3) is 0 Å². The second-order valence-electron chi connectivity index (χ2n) is 7.10. The van der Waals surface area contributed by atoms with Crippen molar-refractivity contribution in [3.8, 4) is 0 Å². The molecule has 1 aliphatic carbocycles. The third-order valence-electron chi connectivity index (χ3n) is 4.31. The van der Waals surface area contributed by atoms with Crippen LogP contribution in [0.25, 0.3) is 0 Å². The highest BCUT2D eigenvalue weighted by Gasteiger charge is 2.23. The lowest BCUT2D eigenvalue weighted by Gasteiger charge is -2.37. The molecule has 6 heteroatoms. The van der Waals surface area contributed by atoms with Gasteiger partial charge in [0.05, 0.1) is 0 Å². The van der Waals surface area contributed by atoms with E-state index in [4.69, 9.17) is 0 Å². The van der Waals surface area contributed by atoms with Crippen LogP contribution in [0, 0.1) is 5.92 Å². The maximum absolute atomic E-state index is 11.6. The minimum absolute atomic E-state index is 0.187. The molecular formula is C17H33N5O. The van der Waals surface area contributed by atoms with Gasteiger partial charge in [-0.2, -0.15) is 0 Å². The van der Waals surface area contributed by atoms with E-state index in [1.54, 1.807) is 0 Å². The lowest BCUT2D eigenvalue weighted by molar-refractivity contribution is -0.121. The molecule has 1 heterocycles. The van der Waals surface area contributed by atoms with Crippen molar-refractivity contribution in [2.24, 2.45) is 10.9 Å². The minimum atomic E-state index is 0.187. The topological polar surface area (TPSA) is 60.0 Å². The molecule has 0 aromatic heterocycles. The summed E-state index contributed by atoms with van der Waals surface area (Å²) in [6, 6.07) is 0.463. The molecule has 0 unspecified atom stereocenters. The number of carbonyl (C=O) groups is 1. The van der Waals surface area contributed by atoms with Gasteiger partial charge in [0.1, 0.15) is 0 Å². The van der Waals surface area contributed by atoms with Gasteiger partial charge >= 0.3 is 0 Å². The fourth-order valence-corrected chi connectivity index (χ4v) is 2.97. The number of rotatable bonds is 7. The van der Waals surface area contributed by atoms with E-state index < -0.39 is 0 Å². The molecule has 1 amide bonds. The Morgan fingerprint density at radius 2 is 1.91 bits per heavy atom. The van der Waals surface area contributed by atoms with E-state index >= 15 is 0 Å². The van der Waals surface area contributed by atoms with Crippen LogP contribution in [0.2, 0.25) is 0 Å². The fraction of sp³-hybridized carbons (Fsp3) is 0.882. The molecule has 0 aromatic rings. The first-order valence-electron chi connectivity index (χ1n) is 9.05. The van der Waals surface area contributed by atoms with Crippen LogP contribution in [0.5, 0.6) is 0 Å². The Bertz CT molecular complexity index is 398. The number of piperazine rings is 1. The molecule has 1 aliphatic heterocycles. The summed E-state index contributed by atoms with van der Waals surface area (Å²) in [5.74, 6) is 1.88. The third-order valence-corrected chi connectivity index (χ3v) is 4.31. The lowest BCUT2D eigenvalue weighted by Crippen LogP contribution is -2.53. The zero-order valence-electron chi connectivity index (χ0n) is 15.0. The molecule has 0 spiro atoms. The van der Waals surface area contributed by atoms with Crippen LogP contribution in [0.1, 0.15) is 39.5 Å². The normalized spacial score (nSPS) is 20.0. The van der Waals surface area contributed by atoms with Gasteiger partial charge in [0.15, 0.2) is 5.96 Å². The molecular weight excluding hydrogens is 290 g/mol. The summed E-state index contributed by atoms with van der Waals surface area (Å²) in [7, 11) is 1.84. The zero-order valence-corrected chi connectivity index (χ0v) is 15.0. The van der Waals surface area contributed by atoms with Crippen molar-refractivity contribution in [3.63, 3.8) is 0 Å². The standard InChI is InChI=1S/C17H33N5O/c1-14(2)13-21-9-11-22(12-10-21)17(18-3)19-8-4-5-16(23)20-15-6-7-15/h14-15H,4-13H2,1-3H3,(H,18,19)(H,20,23). The smallest absolute Gasteiger partial charge is 0.220 e. The fourth-order valence-electron chi connectivity index (χ4n) is 2.97. The molecule has 2 N–H and O–H groups in total. The summed E-state index contributed by atoms with van der Waals surface area (Å²) in [4.78, 5) is 20.9. The molecule has 23 heavy (non-hydrogen) atoms. The Balaban J connectivity index is 1.60. The third kappa shape index (κ3) is 6.77. The van der Waals surface area contributed by atoms with Crippen molar-refractivity contribution < 1.29 is 4.79 Å². The second kappa shape index (κ2) is 9.11. The predicted molar refractivity (Wildman–Crippen MR) is 94.6 cm³/mol. The van der Waals surface area contributed by atoms with E-state index in [2.05, 4.69) is 39.3 Å². The molecule has 1 saturated heterocycles. The molecule has 1 saturated carbocycles. The van der Waals surface area contributed by atoms with E-state index in [0.717, 1.165) is 63.9 Å². The maximum atomic E-state index is 11.6. The van der Waals surface area contributed by atoms with Gasteiger partial charge in [0.2, 0.25) is 5.91 Å². The quantitative estimate of drug-likeness (QED) is 0.415. The summed E-state index contributed by atoms with van der Waals surface area (Å²) < 4.78 is 0. The van der Waals surface area contributed by atoms with Crippen molar-refractivity contribution in [1.82, 2.24) is 20.4 Å². The van der Waals surface area contributed by atoms with E-state index in [0.29, 0.717) is 12.5 Å². The highest BCUT2D eigenvalue weighted by atomic mass is 16.1. The number of carbonyl (C=O) groups excluding carboxylic acids is 1. The summed E-state index contributed by atoms with van der Waals surface area (Å²) in [6.45, 7) is 10.8. The van der Waals surface area contributed by atoms with Gasteiger partial charge in [-0.25, -0.2) is 0 Å². The highest BCUT2D eigenvalue weighted by molar-refractivity contribution is 5.80. The summed E-state index contributed by atoms with van der Waals surface area (Å²) in [6.07, 6.45) is 3.76. The van der Waals surface area contributed by atoms with Gasteiger partial charge in [-0.3, -0.25) is 14.7 Å². The van der Waals surface area contributed by atoms with Crippen LogP contribution in [0.4, 0.5) is 0 Å². The number of aliphatic imine (C=N–C) groups is 1. The lowest BCUT2D eigenvalue weighted by atomic mass is 10.2. The molecule has 2 aliphatic rings. The van der Waals surface area contributed by atoms with Gasteiger partial charge < -0.3 is 15.5 Å². The van der Waals surface area contributed by atoms with Gasteiger partial charge in [-0.05, 0) is 25.2 Å². The van der Waals surface area contributed by atoms with Crippen molar-refractivity contribution in [2.45, 2.75) is 45.6 Å². The van der Waals surface area contributed by atoms with Gasteiger partial charge in [-0.15, -0.1) is 0 Å². The van der Waals surface area contributed by atoms with Crippen LogP contribution in [-0.4, -0.2) is 74.0 Å². The zero-order chi connectivity index (χ0) is 16.7. The molecule has 0 radical (unpaired) electrons. The van der Waals surface area contributed by atoms with Crippen LogP contribution >= 0.6 is 0 Å². The van der Waals surface area contributed by atoms with E-state index in [1.807, 2.05) is 7.05 Å². The number of hydrogen-bond donors (Lipinski definition) is 2. The molecule has 0 bridgehead atoms. The molecule has 2 rings (SSSR count). The number of hydrogen-bond acceptors (Lipinski definition) is 3. The van der Waals surface area contributed by atoms with Crippen molar-refractivity contribution in [3.05, 3.63) is 0 Å². The Labute approximate surface area is 140 Å². The Kier molecular flexibility index (Phi) is 7.15. The predicted octanol–water partition coefficient (Wildman–Crippen LogP) is 0.894. The SMILES string of the molecule is CN=C(NCCCC(=O)NC1CC1)N1CCN(CC(C)C)CC1. The first-order valence-corrected chi connectivity index (χ1v) is 9.05. The highest BCUT2D eigenvalue weighted by Crippen LogP contribution is 2.18.